The molecule has 0 radical (unpaired) electrons. The number of rotatable bonds is 9. The maximum absolute atomic E-state index is 12.7. The Morgan fingerprint density at radius 3 is 1.97 bits per heavy atom. The van der Waals surface area contributed by atoms with Crippen molar-refractivity contribution in [2.24, 2.45) is 5.92 Å². The molecular weight excluding hydrogens is 497 g/mol. The topological polar surface area (TPSA) is 113 Å². The van der Waals surface area contributed by atoms with Crippen molar-refractivity contribution in [2.75, 3.05) is 11.3 Å². The molecule has 0 heterocycles. The highest BCUT2D eigenvalue weighted by Crippen LogP contribution is 2.48. The predicted molar refractivity (Wildman–Crippen MR) is 130 cm³/mol. The molecule has 1 fully saturated rings. The highest BCUT2D eigenvalue weighted by Gasteiger charge is 2.51. The van der Waals surface area contributed by atoms with Crippen LogP contribution in [0.25, 0.3) is 0 Å². The maximum atomic E-state index is 12.7. The summed E-state index contributed by atoms with van der Waals surface area (Å²) in [7, 11) is -3.65. The van der Waals surface area contributed by atoms with Crippen LogP contribution in [0.15, 0.2) is 53.4 Å². The third-order valence-corrected chi connectivity index (χ3v) is 6.93. The van der Waals surface area contributed by atoms with Crippen molar-refractivity contribution in [3.8, 4) is 0 Å². The Morgan fingerprint density at radius 2 is 1.56 bits per heavy atom. The molecule has 2 aromatic rings. The summed E-state index contributed by atoms with van der Waals surface area (Å²) in [6, 6.07) is 14.2. The SMILES string of the molecule is CCCNC(=O)C1(c2ccc(NS(=O)(=O)c3ccc(CC(C)C)cc3)cc2)CC1.O=C(O)C(F)(F)F. The van der Waals surface area contributed by atoms with Gasteiger partial charge in [0, 0.05) is 12.2 Å². The van der Waals surface area contributed by atoms with E-state index in [4.69, 9.17) is 9.90 Å². The molecule has 2 aromatic carbocycles. The van der Waals surface area contributed by atoms with E-state index >= 15 is 0 Å². The van der Waals surface area contributed by atoms with Gasteiger partial charge < -0.3 is 10.4 Å². The van der Waals surface area contributed by atoms with Gasteiger partial charge >= 0.3 is 12.1 Å². The first kappa shape index (κ1) is 29.2. The number of hydrogen-bond donors (Lipinski definition) is 3. The van der Waals surface area contributed by atoms with Crippen LogP contribution in [0.3, 0.4) is 0 Å². The molecule has 0 unspecified atom stereocenters. The number of carbonyl (C=O) groups is 2. The molecule has 1 amide bonds. The monoisotopic (exact) mass is 528 g/mol. The minimum atomic E-state index is -5.08. The zero-order chi connectivity index (χ0) is 27.1. The third kappa shape index (κ3) is 7.97. The second-order valence-electron chi connectivity index (χ2n) is 9.07. The Bertz CT molecular complexity index is 1140. The number of hydrogen-bond acceptors (Lipinski definition) is 4. The van der Waals surface area contributed by atoms with Crippen molar-refractivity contribution < 1.29 is 36.3 Å². The lowest BCUT2D eigenvalue weighted by molar-refractivity contribution is -0.192. The van der Waals surface area contributed by atoms with Gasteiger partial charge in [0.05, 0.1) is 10.3 Å². The Balaban J connectivity index is 0.000000572. The quantitative estimate of drug-likeness (QED) is 0.430. The summed E-state index contributed by atoms with van der Waals surface area (Å²) >= 11 is 0. The molecule has 1 aliphatic carbocycles. The van der Waals surface area contributed by atoms with Crippen LogP contribution < -0.4 is 10.0 Å². The molecule has 7 nitrogen and oxygen atoms in total. The second kappa shape index (κ2) is 11.8. The zero-order valence-electron chi connectivity index (χ0n) is 20.4. The maximum Gasteiger partial charge on any atom is 0.490 e. The predicted octanol–water partition coefficient (Wildman–Crippen LogP) is 4.88. The van der Waals surface area contributed by atoms with Crippen LogP contribution in [0.1, 0.15) is 51.2 Å². The first-order valence-corrected chi connectivity index (χ1v) is 13.0. The smallest absolute Gasteiger partial charge is 0.475 e. The minimum Gasteiger partial charge on any atom is -0.475 e. The average Bonchev–Trinajstić information content (AvgIpc) is 3.59. The van der Waals surface area contributed by atoms with Crippen molar-refractivity contribution in [1.82, 2.24) is 5.32 Å². The highest BCUT2D eigenvalue weighted by molar-refractivity contribution is 7.92. The normalized spacial score (nSPS) is 14.4. The number of aliphatic carboxylic acids is 1. The second-order valence-corrected chi connectivity index (χ2v) is 10.7. The van der Waals surface area contributed by atoms with Crippen LogP contribution in [0.5, 0.6) is 0 Å². The number of halogens is 3. The van der Waals surface area contributed by atoms with Gasteiger partial charge in [-0.2, -0.15) is 13.2 Å². The van der Waals surface area contributed by atoms with Gasteiger partial charge in [-0.25, -0.2) is 13.2 Å². The number of carbonyl (C=O) groups excluding carboxylic acids is 1. The number of sulfonamides is 1. The van der Waals surface area contributed by atoms with E-state index in [0.717, 1.165) is 36.8 Å². The third-order valence-electron chi connectivity index (χ3n) is 5.53. The van der Waals surface area contributed by atoms with Crippen LogP contribution in [0.4, 0.5) is 18.9 Å². The zero-order valence-corrected chi connectivity index (χ0v) is 21.2. The standard InChI is InChI=1S/C23H30N2O3S.C2HF3O2/c1-4-15-24-22(26)23(13-14-23)19-7-9-20(10-8-19)25-29(27,28)21-11-5-18(6-12-21)16-17(2)3;3-2(4,5)1(6)7/h5-12,17,25H,4,13-16H2,1-3H3,(H,24,26);(H,6,7). The van der Waals surface area contributed by atoms with Crippen molar-refractivity contribution in [3.63, 3.8) is 0 Å². The number of amides is 1. The van der Waals surface area contributed by atoms with E-state index < -0.39 is 27.6 Å². The number of carboxylic acids is 1. The average molecular weight is 529 g/mol. The van der Waals surface area contributed by atoms with Crippen LogP contribution in [-0.2, 0) is 31.4 Å². The number of alkyl halides is 3. The van der Waals surface area contributed by atoms with E-state index in [2.05, 4.69) is 23.9 Å². The molecule has 1 saturated carbocycles. The van der Waals surface area contributed by atoms with Gasteiger partial charge in [0.1, 0.15) is 0 Å². The van der Waals surface area contributed by atoms with Crippen LogP contribution in [0, 0.1) is 5.92 Å². The largest absolute Gasteiger partial charge is 0.490 e. The Hall–Kier alpha value is -3.08. The molecular formula is C25H31F3N2O5S. The molecule has 36 heavy (non-hydrogen) atoms. The van der Waals surface area contributed by atoms with Crippen molar-refractivity contribution in [3.05, 3.63) is 59.7 Å². The summed E-state index contributed by atoms with van der Waals surface area (Å²) in [5.41, 5.74) is 2.11. The van der Waals surface area contributed by atoms with Gasteiger partial charge in [-0.3, -0.25) is 9.52 Å². The van der Waals surface area contributed by atoms with Gasteiger partial charge in [-0.15, -0.1) is 0 Å². The summed E-state index contributed by atoms with van der Waals surface area (Å²) in [5, 5.41) is 10.1. The van der Waals surface area contributed by atoms with Crippen molar-refractivity contribution >= 4 is 27.6 Å². The minimum absolute atomic E-state index is 0.0640. The van der Waals surface area contributed by atoms with Gasteiger partial charge in [-0.1, -0.05) is 45.0 Å². The Labute approximate surface area is 209 Å². The molecule has 0 aromatic heterocycles. The van der Waals surface area contributed by atoms with Crippen LogP contribution in [0.2, 0.25) is 0 Å². The molecule has 0 atom stereocenters. The first-order chi connectivity index (χ1) is 16.7. The molecule has 11 heteroatoms. The molecule has 0 spiro atoms. The van der Waals surface area contributed by atoms with E-state index in [9.17, 15) is 26.4 Å². The van der Waals surface area contributed by atoms with E-state index in [1.165, 1.54) is 0 Å². The lowest BCUT2D eigenvalue weighted by Crippen LogP contribution is -2.35. The summed E-state index contributed by atoms with van der Waals surface area (Å²) < 4.78 is 59.7. The number of carboxylic acid groups (broad SMARTS) is 1. The summed E-state index contributed by atoms with van der Waals surface area (Å²) in [6.07, 6.45) is -1.60. The summed E-state index contributed by atoms with van der Waals surface area (Å²) in [5.74, 6) is -2.17. The van der Waals surface area contributed by atoms with E-state index in [-0.39, 0.29) is 10.8 Å². The fraction of sp³-hybridized carbons (Fsp3) is 0.440. The number of nitrogens with one attached hydrogen (secondary N) is 2. The highest BCUT2D eigenvalue weighted by atomic mass is 32.2. The van der Waals surface area contributed by atoms with Gasteiger partial charge in [0.25, 0.3) is 10.0 Å². The molecule has 0 saturated heterocycles. The number of benzene rings is 2. The molecule has 1 aliphatic rings. The lowest BCUT2D eigenvalue weighted by atomic mass is 9.95. The molecule has 3 N–H and O–H groups in total. The molecule has 3 rings (SSSR count). The van der Waals surface area contributed by atoms with E-state index in [0.29, 0.717) is 18.2 Å². The Kier molecular flexibility index (Phi) is 9.53. The van der Waals surface area contributed by atoms with E-state index in [1.807, 2.05) is 31.2 Å². The van der Waals surface area contributed by atoms with Gasteiger partial charge in [0.15, 0.2) is 0 Å². The van der Waals surface area contributed by atoms with Crippen LogP contribution in [-0.4, -0.2) is 38.1 Å². The fourth-order valence-electron chi connectivity index (χ4n) is 3.53. The summed E-state index contributed by atoms with van der Waals surface area (Å²) in [4.78, 5) is 21.6. The fourth-order valence-corrected chi connectivity index (χ4v) is 4.59. The number of anilines is 1. The summed E-state index contributed by atoms with van der Waals surface area (Å²) in [6.45, 7) is 6.97. The first-order valence-electron chi connectivity index (χ1n) is 11.5. The van der Waals surface area contributed by atoms with Crippen molar-refractivity contribution in [2.45, 2.75) is 62.9 Å². The lowest BCUT2D eigenvalue weighted by Gasteiger charge is -2.16. The van der Waals surface area contributed by atoms with Gasteiger partial charge in [0.2, 0.25) is 5.91 Å². The van der Waals surface area contributed by atoms with E-state index in [1.54, 1.807) is 24.3 Å². The molecule has 198 valence electrons. The molecule has 0 bridgehead atoms. The molecule has 0 aliphatic heterocycles. The van der Waals surface area contributed by atoms with Gasteiger partial charge in [-0.05, 0) is 67.0 Å². The Morgan fingerprint density at radius 1 is 1.03 bits per heavy atom. The van der Waals surface area contributed by atoms with Crippen LogP contribution >= 0.6 is 0 Å². The van der Waals surface area contributed by atoms with Crippen molar-refractivity contribution in [1.29, 1.82) is 0 Å².